The predicted octanol–water partition coefficient (Wildman–Crippen LogP) is 3.45. The molecule has 0 atom stereocenters. The number of piperazine rings is 1. The Morgan fingerprint density at radius 2 is 1.67 bits per heavy atom. The molecule has 1 aliphatic heterocycles. The zero-order valence-corrected chi connectivity index (χ0v) is 16.0. The molecule has 3 rings (SSSR count). The lowest BCUT2D eigenvalue weighted by Crippen LogP contribution is -2.49. The summed E-state index contributed by atoms with van der Waals surface area (Å²) in [7, 11) is 0. The summed E-state index contributed by atoms with van der Waals surface area (Å²) in [5.41, 5.74) is -1.40. The summed E-state index contributed by atoms with van der Waals surface area (Å²) in [5, 5.41) is 11.0. The molecule has 0 radical (unpaired) electrons. The van der Waals surface area contributed by atoms with Gasteiger partial charge in [-0.3, -0.25) is 19.8 Å². The lowest BCUT2D eigenvalue weighted by molar-refractivity contribution is -0.385. The topological polar surface area (TPSA) is 75.9 Å². The molecule has 0 aromatic heterocycles. The van der Waals surface area contributed by atoms with Crippen LogP contribution >= 0.6 is 0 Å². The number of alkyl halides is 3. The van der Waals surface area contributed by atoms with Gasteiger partial charge in [-0.25, -0.2) is 0 Å². The van der Waals surface area contributed by atoms with Crippen LogP contribution in [0.5, 0.6) is 5.75 Å². The smallest absolute Gasteiger partial charge is 0.417 e. The molecular weight excluding hydrogens is 403 g/mol. The molecule has 10 heteroatoms. The van der Waals surface area contributed by atoms with E-state index in [-0.39, 0.29) is 36.7 Å². The normalized spacial score (nSPS) is 15.1. The van der Waals surface area contributed by atoms with Crippen molar-refractivity contribution in [3.05, 3.63) is 69.8 Å². The molecule has 1 aliphatic rings. The van der Waals surface area contributed by atoms with E-state index in [0.717, 1.165) is 6.07 Å². The average Bonchev–Trinajstić information content (AvgIpc) is 2.73. The van der Waals surface area contributed by atoms with Crippen LogP contribution in [0.3, 0.4) is 0 Å². The van der Waals surface area contributed by atoms with Crippen LogP contribution in [-0.4, -0.2) is 60.0 Å². The van der Waals surface area contributed by atoms with Gasteiger partial charge in [0, 0.05) is 38.8 Å². The highest BCUT2D eigenvalue weighted by atomic mass is 19.4. The molecule has 1 fully saturated rings. The molecule has 0 saturated carbocycles. The summed E-state index contributed by atoms with van der Waals surface area (Å²) in [6.07, 6.45) is -4.59. The van der Waals surface area contributed by atoms with E-state index < -0.39 is 22.6 Å². The van der Waals surface area contributed by atoms with E-state index in [1.165, 1.54) is 35.2 Å². The zero-order valence-electron chi connectivity index (χ0n) is 16.0. The Morgan fingerprint density at radius 1 is 1.03 bits per heavy atom. The van der Waals surface area contributed by atoms with Crippen LogP contribution in [-0.2, 0) is 6.18 Å². The highest BCUT2D eigenvalue weighted by Gasteiger charge is 2.36. The number of carbonyl (C=O) groups excluding carboxylic acids is 1. The first-order valence-corrected chi connectivity index (χ1v) is 9.31. The van der Waals surface area contributed by atoms with E-state index in [1.54, 1.807) is 12.1 Å². The maximum Gasteiger partial charge on any atom is 0.417 e. The molecule has 7 nitrogen and oxygen atoms in total. The quantitative estimate of drug-likeness (QED) is 0.526. The molecule has 1 saturated heterocycles. The molecule has 2 aromatic carbocycles. The van der Waals surface area contributed by atoms with Gasteiger partial charge in [0.05, 0.1) is 16.1 Å². The van der Waals surface area contributed by atoms with Crippen LogP contribution in [0.2, 0.25) is 0 Å². The van der Waals surface area contributed by atoms with Crippen LogP contribution in [0.1, 0.15) is 15.9 Å². The minimum Gasteiger partial charge on any atom is -0.485 e. The third-order valence-corrected chi connectivity index (χ3v) is 4.85. The number of rotatable bonds is 6. The third-order valence-electron chi connectivity index (χ3n) is 4.85. The van der Waals surface area contributed by atoms with Crippen LogP contribution in [0.4, 0.5) is 18.9 Å². The Labute approximate surface area is 170 Å². The number of carbonyl (C=O) groups is 1. The van der Waals surface area contributed by atoms with Crippen molar-refractivity contribution in [3.63, 3.8) is 0 Å². The second kappa shape index (κ2) is 9.12. The van der Waals surface area contributed by atoms with E-state index in [4.69, 9.17) is 4.74 Å². The van der Waals surface area contributed by atoms with Crippen molar-refractivity contribution in [2.45, 2.75) is 6.18 Å². The number of nitrogens with zero attached hydrogens (tertiary/aromatic N) is 3. The Kier molecular flexibility index (Phi) is 6.56. The Balaban J connectivity index is 1.52. The molecule has 160 valence electrons. The highest BCUT2D eigenvalue weighted by Crippen LogP contribution is 2.32. The van der Waals surface area contributed by atoms with Crippen molar-refractivity contribution in [1.82, 2.24) is 9.80 Å². The van der Waals surface area contributed by atoms with Gasteiger partial charge in [0.25, 0.3) is 5.91 Å². The van der Waals surface area contributed by atoms with E-state index in [1.807, 2.05) is 4.90 Å². The lowest BCUT2D eigenvalue weighted by atomic mass is 10.1. The zero-order chi connectivity index (χ0) is 21.7. The summed E-state index contributed by atoms with van der Waals surface area (Å²) in [4.78, 5) is 26.5. The predicted molar refractivity (Wildman–Crippen MR) is 102 cm³/mol. The molecule has 30 heavy (non-hydrogen) atoms. The Bertz CT molecular complexity index is 912. The first kappa shape index (κ1) is 21.6. The maximum atomic E-state index is 13.2. The largest absolute Gasteiger partial charge is 0.485 e. The third kappa shape index (κ3) is 5.07. The van der Waals surface area contributed by atoms with Gasteiger partial charge in [-0.1, -0.05) is 24.3 Å². The van der Waals surface area contributed by atoms with Crippen LogP contribution < -0.4 is 4.74 Å². The monoisotopic (exact) mass is 423 g/mol. The minimum absolute atomic E-state index is 0.115. The molecule has 0 unspecified atom stereocenters. The molecule has 1 amide bonds. The molecular formula is C20H20F3N3O4. The Morgan fingerprint density at radius 3 is 2.33 bits per heavy atom. The number of amides is 1. The van der Waals surface area contributed by atoms with E-state index in [2.05, 4.69) is 0 Å². The number of nitro benzene ring substituents is 1. The fourth-order valence-electron chi connectivity index (χ4n) is 3.28. The molecule has 0 bridgehead atoms. The summed E-state index contributed by atoms with van der Waals surface area (Å²) < 4.78 is 45.0. The maximum absolute atomic E-state index is 13.2. The highest BCUT2D eigenvalue weighted by molar-refractivity contribution is 5.96. The number of hydrogen-bond acceptors (Lipinski definition) is 5. The van der Waals surface area contributed by atoms with Crippen LogP contribution in [0.15, 0.2) is 48.5 Å². The number of nitro groups is 1. The van der Waals surface area contributed by atoms with Gasteiger partial charge in [-0.05, 0) is 18.2 Å². The summed E-state index contributed by atoms with van der Waals surface area (Å²) in [6, 6.07) is 10.9. The molecule has 2 aromatic rings. The SMILES string of the molecule is O=C(c1ccccc1C(F)(F)F)N1CCN(CCOc2ccccc2[N+](=O)[O-])CC1. The van der Waals surface area contributed by atoms with Gasteiger partial charge in [0.2, 0.25) is 0 Å². The van der Waals surface area contributed by atoms with Crippen molar-refractivity contribution in [2.24, 2.45) is 0 Å². The van der Waals surface area contributed by atoms with Gasteiger partial charge in [-0.15, -0.1) is 0 Å². The first-order chi connectivity index (χ1) is 14.3. The Hall–Kier alpha value is -3.14. The number of benzene rings is 2. The van der Waals surface area contributed by atoms with Crippen molar-refractivity contribution in [1.29, 1.82) is 0 Å². The number of ether oxygens (including phenoxy) is 1. The van der Waals surface area contributed by atoms with Crippen molar-refractivity contribution >= 4 is 11.6 Å². The molecule has 0 aliphatic carbocycles. The summed E-state index contributed by atoms with van der Waals surface area (Å²) in [6.45, 7) is 2.22. The van der Waals surface area contributed by atoms with Gasteiger partial charge in [0.1, 0.15) is 6.61 Å². The van der Waals surface area contributed by atoms with Crippen molar-refractivity contribution in [2.75, 3.05) is 39.3 Å². The number of para-hydroxylation sites is 2. The second-order valence-corrected chi connectivity index (χ2v) is 6.75. The van der Waals surface area contributed by atoms with Crippen molar-refractivity contribution in [3.8, 4) is 5.75 Å². The van der Waals surface area contributed by atoms with Crippen LogP contribution in [0, 0.1) is 10.1 Å². The van der Waals surface area contributed by atoms with Gasteiger partial charge in [-0.2, -0.15) is 13.2 Å². The second-order valence-electron chi connectivity index (χ2n) is 6.75. The number of hydrogen-bond donors (Lipinski definition) is 0. The summed E-state index contributed by atoms with van der Waals surface area (Å²) in [5.74, 6) is -0.459. The van der Waals surface area contributed by atoms with Gasteiger partial charge in [0.15, 0.2) is 5.75 Å². The minimum atomic E-state index is -4.59. The lowest BCUT2D eigenvalue weighted by Gasteiger charge is -2.35. The molecule has 0 spiro atoms. The van der Waals surface area contributed by atoms with Crippen molar-refractivity contribution < 1.29 is 27.6 Å². The fourth-order valence-corrected chi connectivity index (χ4v) is 3.28. The number of halogens is 3. The van der Waals surface area contributed by atoms with Gasteiger partial charge >= 0.3 is 11.9 Å². The molecule has 1 heterocycles. The average molecular weight is 423 g/mol. The van der Waals surface area contributed by atoms with E-state index >= 15 is 0 Å². The fraction of sp³-hybridized carbons (Fsp3) is 0.350. The van der Waals surface area contributed by atoms with E-state index in [9.17, 15) is 28.1 Å². The van der Waals surface area contributed by atoms with Gasteiger partial charge < -0.3 is 9.64 Å². The standard InChI is InChI=1S/C20H20F3N3O4/c21-20(22,23)16-6-2-1-5-15(16)19(27)25-11-9-24(10-12-25)13-14-30-18-8-4-3-7-17(18)26(28)29/h1-8H,9-14H2. The summed E-state index contributed by atoms with van der Waals surface area (Å²) >= 11 is 0. The van der Waals surface area contributed by atoms with Crippen LogP contribution in [0.25, 0.3) is 0 Å². The first-order valence-electron chi connectivity index (χ1n) is 9.31. The van der Waals surface area contributed by atoms with E-state index in [0.29, 0.717) is 19.6 Å². The molecule has 0 N–H and O–H groups in total.